The van der Waals surface area contributed by atoms with Crippen molar-refractivity contribution in [2.75, 3.05) is 13.1 Å². The average Bonchev–Trinajstić information content (AvgIpc) is 3.03. The Balaban J connectivity index is 1.62. The zero-order valence-corrected chi connectivity index (χ0v) is 12.5. The Morgan fingerprint density at radius 3 is 2.73 bits per heavy atom. The van der Waals surface area contributed by atoms with Gasteiger partial charge in [-0.3, -0.25) is 9.78 Å². The van der Waals surface area contributed by atoms with Crippen LogP contribution in [0.4, 0.5) is 0 Å². The number of aromatic nitrogens is 5. The van der Waals surface area contributed by atoms with Crippen molar-refractivity contribution in [3.05, 3.63) is 24.5 Å². The third-order valence-electron chi connectivity index (χ3n) is 3.18. The number of unbranched alkanes of at least 4 members (excludes halogenated alkanes) is 3. The number of carbonyl (C=O) groups excluding carboxylic acids is 1. The van der Waals surface area contributed by atoms with Crippen molar-refractivity contribution in [1.82, 2.24) is 30.5 Å². The van der Waals surface area contributed by atoms with E-state index in [0.717, 1.165) is 37.8 Å². The lowest BCUT2D eigenvalue weighted by molar-refractivity contribution is -0.119. The summed E-state index contributed by atoms with van der Waals surface area (Å²) in [6.45, 7) is 1.48. The number of hydrogen-bond acceptors (Lipinski definition) is 6. The molecule has 0 aromatic carbocycles. The van der Waals surface area contributed by atoms with E-state index in [1.807, 2.05) is 12.1 Å². The Bertz CT molecular complexity index is 570. The van der Waals surface area contributed by atoms with Crippen molar-refractivity contribution < 1.29 is 4.79 Å². The highest BCUT2D eigenvalue weighted by Gasteiger charge is 2.04. The van der Waals surface area contributed by atoms with Gasteiger partial charge in [-0.15, -0.1) is 10.2 Å². The van der Waals surface area contributed by atoms with Gasteiger partial charge in [-0.05, 0) is 30.2 Å². The van der Waals surface area contributed by atoms with Crippen LogP contribution in [0.1, 0.15) is 25.7 Å². The third kappa shape index (κ3) is 5.21. The molecule has 0 aliphatic rings. The molecule has 0 aliphatic heterocycles. The summed E-state index contributed by atoms with van der Waals surface area (Å²) in [6.07, 6.45) is 7.47. The summed E-state index contributed by atoms with van der Waals surface area (Å²) in [5, 5.41) is 15.2. The Morgan fingerprint density at radius 1 is 1.18 bits per heavy atom. The molecule has 0 radical (unpaired) electrons. The Hall–Kier alpha value is -2.35. The fraction of sp³-hybridized carbons (Fsp3) is 0.500. The van der Waals surface area contributed by atoms with Crippen LogP contribution in [0.3, 0.4) is 0 Å². The molecule has 0 fully saturated rings. The van der Waals surface area contributed by atoms with Crippen molar-refractivity contribution in [3.63, 3.8) is 0 Å². The quantitative estimate of drug-likeness (QED) is 0.647. The van der Waals surface area contributed by atoms with Crippen molar-refractivity contribution in [2.24, 2.45) is 5.73 Å². The molecule has 1 amide bonds. The van der Waals surface area contributed by atoms with E-state index in [1.54, 1.807) is 17.2 Å². The number of amides is 1. The summed E-state index contributed by atoms with van der Waals surface area (Å²) in [6, 6.07) is 3.72. The molecule has 0 spiro atoms. The molecule has 3 N–H and O–H groups in total. The van der Waals surface area contributed by atoms with E-state index >= 15 is 0 Å². The number of nitrogens with one attached hydrogen (secondary N) is 1. The molecular formula is C14H21N7O. The van der Waals surface area contributed by atoms with Crippen LogP contribution in [0.5, 0.6) is 0 Å². The zero-order chi connectivity index (χ0) is 15.6. The molecule has 0 aliphatic carbocycles. The van der Waals surface area contributed by atoms with Crippen molar-refractivity contribution >= 4 is 5.91 Å². The minimum absolute atomic E-state index is 0.0534. The van der Waals surface area contributed by atoms with Gasteiger partial charge in [0.2, 0.25) is 11.7 Å². The number of nitrogens with zero attached hydrogens (tertiary/aromatic N) is 5. The standard InChI is InChI=1S/C14H21N7O/c15-11-13(22)17-7-3-1-2-4-10-21-19-14(18-20-21)12-5-8-16-9-6-12/h5-6,8-9H,1-4,7,10-11,15H2,(H,17,22). The summed E-state index contributed by atoms with van der Waals surface area (Å²) in [5.41, 5.74) is 6.12. The molecule has 118 valence electrons. The van der Waals surface area contributed by atoms with Gasteiger partial charge in [0.05, 0.1) is 13.1 Å². The highest BCUT2D eigenvalue weighted by molar-refractivity contribution is 5.77. The largest absolute Gasteiger partial charge is 0.355 e. The summed E-state index contributed by atoms with van der Waals surface area (Å²) in [5.74, 6) is 0.516. The molecule has 8 nitrogen and oxygen atoms in total. The first-order valence-corrected chi connectivity index (χ1v) is 7.44. The minimum Gasteiger partial charge on any atom is -0.355 e. The van der Waals surface area contributed by atoms with E-state index in [2.05, 4.69) is 25.7 Å². The molecule has 0 saturated heterocycles. The Morgan fingerprint density at radius 2 is 1.95 bits per heavy atom. The predicted molar refractivity (Wildman–Crippen MR) is 81.6 cm³/mol. The monoisotopic (exact) mass is 303 g/mol. The van der Waals surface area contributed by atoms with Gasteiger partial charge in [-0.25, -0.2) is 0 Å². The molecule has 2 rings (SSSR count). The molecule has 2 aromatic rings. The normalized spacial score (nSPS) is 10.6. The maximum absolute atomic E-state index is 10.9. The lowest BCUT2D eigenvalue weighted by Crippen LogP contribution is -2.30. The van der Waals surface area contributed by atoms with Gasteiger partial charge in [0.1, 0.15) is 0 Å². The molecule has 0 bridgehead atoms. The predicted octanol–water partition coefficient (Wildman–Crippen LogP) is 0.370. The van der Waals surface area contributed by atoms with E-state index in [9.17, 15) is 4.79 Å². The first kappa shape index (κ1) is 16.0. The summed E-state index contributed by atoms with van der Waals surface area (Å²) in [7, 11) is 0. The lowest BCUT2D eigenvalue weighted by atomic mass is 10.2. The first-order valence-electron chi connectivity index (χ1n) is 7.44. The van der Waals surface area contributed by atoms with Crippen LogP contribution in [-0.2, 0) is 11.3 Å². The fourth-order valence-corrected chi connectivity index (χ4v) is 1.99. The van der Waals surface area contributed by atoms with Crippen LogP contribution >= 0.6 is 0 Å². The van der Waals surface area contributed by atoms with Gasteiger partial charge >= 0.3 is 0 Å². The number of hydrogen-bond donors (Lipinski definition) is 2. The Labute approximate surface area is 129 Å². The number of nitrogens with two attached hydrogens (primary N) is 1. The second-order valence-electron chi connectivity index (χ2n) is 4.91. The maximum Gasteiger partial charge on any atom is 0.233 e. The van der Waals surface area contributed by atoms with Crippen LogP contribution in [0.25, 0.3) is 11.4 Å². The van der Waals surface area contributed by atoms with E-state index < -0.39 is 0 Å². The number of rotatable bonds is 9. The van der Waals surface area contributed by atoms with Crippen molar-refractivity contribution in [1.29, 1.82) is 0 Å². The maximum atomic E-state index is 10.9. The van der Waals surface area contributed by atoms with Gasteiger partial charge in [0.15, 0.2) is 0 Å². The van der Waals surface area contributed by atoms with Crippen LogP contribution < -0.4 is 11.1 Å². The Kier molecular flexibility index (Phi) is 6.43. The molecule has 2 aromatic heterocycles. The number of tetrazole rings is 1. The highest BCUT2D eigenvalue weighted by Crippen LogP contribution is 2.11. The average molecular weight is 303 g/mol. The first-order chi connectivity index (χ1) is 10.8. The highest BCUT2D eigenvalue weighted by atomic mass is 16.1. The van der Waals surface area contributed by atoms with E-state index in [4.69, 9.17) is 5.73 Å². The topological polar surface area (TPSA) is 112 Å². The van der Waals surface area contributed by atoms with E-state index in [0.29, 0.717) is 12.4 Å². The van der Waals surface area contributed by atoms with Crippen LogP contribution in [0.2, 0.25) is 0 Å². The van der Waals surface area contributed by atoms with Crippen molar-refractivity contribution in [3.8, 4) is 11.4 Å². The molecular weight excluding hydrogens is 282 g/mol. The molecule has 0 unspecified atom stereocenters. The molecule has 2 heterocycles. The van der Waals surface area contributed by atoms with Gasteiger partial charge in [-0.2, -0.15) is 4.80 Å². The minimum atomic E-state index is -0.101. The SMILES string of the molecule is NCC(=O)NCCCCCCn1nnc(-c2ccncc2)n1. The second kappa shape index (κ2) is 8.83. The van der Waals surface area contributed by atoms with E-state index in [1.165, 1.54) is 0 Å². The van der Waals surface area contributed by atoms with Crippen LogP contribution in [-0.4, -0.2) is 44.2 Å². The third-order valence-corrected chi connectivity index (χ3v) is 3.18. The molecule has 0 saturated carbocycles. The smallest absolute Gasteiger partial charge is 0.233 e. The fourth-order valence-electron chi connectivity index (χ4n) is 1.99. The molecule has 0 atom stereocenters. The second-order valence-corrected chi connectivity index (χ2v) is 4.91. The molecule has 22 heavy (non-hydrogen) atoms. The van der Waals surface area contributed by atoms with Gasteiger partial charge in [0.25, 0.3) is 0 Å². The van der Waals surface area contributed by atoms with Gasteiger partial charge in [-0.1, -0.05) is 12.8 Å². The van der Waals surface area contributed by atoms with Crippen LogP contribution in [0, 0.1) is 0 Å². The number of pyridine rings is 1. The molecule has 8 heteroatoms. The lowest BCUT2D eigenvalue weighted by Gasteiger charge is -2.03. The summed E-state index contributed by atoms with van der Waals surface area (Å²) in [4.78, 5) is 16.5. The summed E-state index contributed by atoms with van der Waals surface area (Å²) >= 11 is 0. The number of aryl methyl sites for hydroxylation is 1. The number of carbonyl (C=O) groups is 1. The van der Waals surface area contributed by atoms with Crippen LogP contribution in [0.15, 0.2) is 24.5 Å². The zero-order valence-electron chi connectivity index (χ0n) is 12.5. The van der Waals surface area contributed by atoms with E-state index in [-0.39, 0.29) is 12.5 Å². The van der Waals surface area contributed by atoms with Gasteiger partial charge < -0.3 is 11.1 Å². The summed E-state index contributed by atoms with van der Waals surface area (Å²) < 4.78 is 0. The van der Waals surface area contributed by atoms with Crippen molar-refractivity contribution in [2.45, 2.75) is 32.2 Å². The van der Waals surface area contributed by atoms with Gasteiger partial charge in [0, 0.05) is 24.5 Å².